The van der Waals surface area contributed by atoms with Crippen LogP contribution in [0.5, 0.6) is 0 Å². The van der Waals surface area contributed by atoms with Crippen molar-refractivity contribution in [1.29, 1.82) is 5.26 Å². The lowest BCUT2D eigenvalue weighted by atomic mass is 9.88. The molecule has 0 aromatic heterocycles. The number of hydrogen-bond donors (Lipinski definition) is 0. The summed E-state index contributed by atoms with van der Waals surface area (Å²) in [6, 6.07) is 2.04. The van der Waals surface area contributed by atoms with E-state index in [2.05, 4.69) is 19.9 Å². The maximum Gasteiger partial charge on any atom is 0.321 e. The van der Waals surface area contributed by atoms with Gasteiger partial charge in [0.2, 0.25) is 0 Å². The Bertz CT molecular complexity index is 301. The molecule has 4 nitrogen and oxygen atoms in total. The van der Waals surface area contributed by atoms with Crippen LogP contribution in [0.25, 0.3) is 0 Å². The van der Waals surface area contributed by atoms with Gasteiger partial charge in [-0.3, -0.25) is 0 Å². The van der Waals surface area contributed by atoms with E-state index in [9.17, 15) is 4.79 Å². The predicted molar refractivity (Wildman–Crippen MR) is 56.0 cm³/mol. The number of nitrogens with zero attached hydrogens (tertiary/aromatic N) is 3. The summed E-state index contributed by atoms with van der Waals surface area (Å²) in [6.07, 6.45) is 0.837. The molecular formula is C11H17N3O. The van der Waals surface area contributed by atoms with Gasteiger partial charge in [0.25, 0.3) is 0 Å². The predicted octanol–water partition coefficient (Wildman–Crippen LogP) is 1.29. The van der Waals surface area contributed by atoms with Crippen molar-refractivity contribution in [3.63, 3.8) is 0 Å². The summed E-state index contributed by atoms with van der Waals surface area (Å²) >= 11 is 0. The standard InChI is InChI=1S/C11H17N3O/c1-8(2)9-6-13(7-9)11(15)14-4-3-10(14)5-12/h8-10H,3-4,6-7H2,1-2H3/t10-/m0/s1. The van der Waals surface area contributed by atoms with Crippen molar-refractivity contribution in [2.45, 2.75) is 26.3 Å². The highest BCUT2D eigenvalue weighted by Gasteiger charge is 2.40. The van der Waals surface area contributed by atoms with Crippen LogP contribution < -0.4 is 0 Å². The molecule has 0 N–H and O–H groups in total. The van der Waals surface area contributed by atoms with Gasteiger partial charge < -0.3 is 9.80 Å². The maximum absolute atomic E-state index is 11.8. The van der Waals surface area contributed by atoms with Gasteiger partial charge in [0.15, 0.2) is 0 Å². The summed E-state index contributed by atoms with van der Waals surface area (Å²) in [4.78, 5) is 15.4. The van der Waals surface area contributed by atoms with E-state index in [1.54, 1.807) is 4.90 Å². The van der Waals surface area contributed by atoms with Crippen molar-refractivity contribution < 1.29 is 4.79 Å². The van der Waals surface area contributed by atoms with Crippen LogP contribution >= 0.6 is 0 Å². The highest BCUT2D eigenvalue weighted by molar-refractivity contribution is 5.77. The second-order valence-corrected chi connectivity index (χ2v) is 4.82. The number of carbonyl (C=O) groups excluding carboxylic acids is 1. The first kappa shape index (κ1) is 10.3. The zero-order valence-corrected chi connectivity index (χ0v) is 9.31. The van der Waals surface area contributed by atoms with Crippen LogP contribution in [0.15, 0.2) is 0 Å². The smallest absolute Gasteiger partial charge is 0.321 e. The van der Waals surface area contributed by atoms with E-state index in [1.165, 1.54) is 0 Å². The third-order valence-electron chi connectivity index (χ3n) is 3.54. The molecule has 15 heavy (non-hydrogen) atoms. The Morgan fingerprint density at radius 3 is 2.53 bits per heavy atom. The first-order valence-electron chi connectivity index (χ1n) is 5.58. The van der Waals surface area contributed by atoms with Crippen LogP contribution in [0, 0.1) is 23.2 Å². The van der Waals surface area contributed by atoms with Gasteiger partial charge in [-0.2, -0.15) is 5.26 Å². The zero-order valence-electron chi connectivity index (χ0n) is 9.31. The third kappa shape index (κ3) is 1.67. The molecule has 0 aromatic rings. The Labute approximate surface area is 90.5 Å². The minimum absolute atomic E-state index is 0.0599. The summed E-state index contributed by atoms with van der Waals surface area (Å²) in [7, 11) is 0. The molecule has 0 radical (unpaired) electrons. The minimum Gasteiger partial charge on any atom is -0.324 e. The Hall–Kier alpha value is -1.24. The normalized spacial score (nSPS) is 25.9. The van der Waals surface area contributed by atoms with Crippen LogP contribution in [0.3, 0.4) is 0 Å². The molecule has 2 aliphatic rings. The summed E-state index contributed by atoms with van der Waals surface area (Å²) < 4.78 is 0. The second-order valence-electron chi connectivity index (χ2n) is 4.82. The molecule has 2 fully saturated rings. The summed E-state index contributed by atoms with van der Waals surface area (Å²) in [5.41, 5.74) is 0. The van der Waals surface area contributed by atoms with E-state index in [-0.39, 0.29) is 12.1 Å². The Morgan fingerprint density at radius 2 is 2.13 bits per heavy atom. The molecule has 0 unspecified atom stereocenters. The minimum atomic E-state index is -0.171. The van der Waals surface area contributed by atoms with Crippen molar-refractivity contribution in [3.8, 4) is 6.07 Å². The number of urea groups is 1. The van der Waals surface area contributed by atoms with Gasteiger partial charge >= 0.3 is 6.03 Å². The van der Waals surface area contributed by atoms with Gasteiger partial charge in [-0.15, -0.1) is 0 Å². The number of amides is 2. The first-order valence-corrected chi connectivity index (χ1v) is 5.58. The van der Waals surface area contributed by atoms with Crippen LogP contribution in [-0.2, 0) is 0 Å². The van der Waals surface area contributed by atoms with Gasteiger partial charge in [0.1, 0.15) is 6.04 Å². The molecule has 4 heteroatoms. The zero-order chi connectivity index (χ0) is 11.0. The largest absolute Gasteiger partial charge is 0.324 e. The van der Waals surface area contributed by atoms with Crippen LogP contribution in [0.4, 0.5) is 4.79 Å². The SMILES string of the molecule is CC(C)C1CN(C(=O)N2CC[C@H]2C#N)C1. The van der Waals surface area contributed by atoms with Gasteiger partial charge in [-0.25, -0.2) is 4.79 Å². The van der Waals surface area contributed by atoms with Crippen molar-refractivity contribution in [2.75, 3.05) is 19.6 Å². The molecule has 82 valence electrons. The molecule has 2 heterocycles. The quantitative estimate of drug-likeness (QED) is 0.650. The molecule has 0 aliphatic carbocycles. The summed E-state index contributed by atoms with van der Waals surface area (Å²) in [5.74, 6) is 1.30. The number of likely N-dealkylation sites (tertiary alicyclic amines) is 2. The molecule has 0 saturated carbocycles. The highest BCUT2D eigenvalue weighted by atomic mass is 16.2. The van der Waals surface area contributed by atoms with Gasteiger partial charge in [-0.05, 0) is 18.3 Å². The Morgan fingerprint density at radius 1 is 1.47 bits per heavy atom. The number of carbonyl (C=O) groups is 1. The highest BCUT2D eigenvalue weighted by Crippen LogP contribution is 2.27. The van der Waals surface area contributed by atoms with Crippen molar-refractivity contribution in [2.24, 2.45) is 11.8 Å². The monoisotopic (exact) mass is 207 g/mol. The van der Waals surface area contributed by atoms with E-state index >= 15 is 0 Å². The molecule has 0 aromatic carbocycles. The lowest BCUT2D eigenvalue weighted by Crippen LogP contribution is -2.61. The van der Waals surface area contributed by atoms with Gasteiger partial charge in [-0.1, -0.05) is 13.8 Å². The first-order chi connectivity index (χ1) is 7.13. The lowest BCUT2D eigenvalue weighted by molar-refractivity contribution is 0.0474. The molecule has 2 rings (SSSR count). The van der Waals surface area contributed by atoms with Crippen LogP contribution in [0.2, 0.25) is 0 Å². The Balaban J connectivity index is 1.82. The fourth-order valence-electron chi connectivity index (χ4n) is 2.02. The van der Waals surface area contributed by atoms with Crippen molar-refractivity contribution in [3.05, 3.63) is 0 Å². The molecular weight excluding hydrogens is 190 g/mol. The van der Waals surface area contributed by atoms with Crippen molar-refractivity contribution >= 4 is 6.03 Å². The molecule has 0 bridgehead atoms. The van der Waals surface area contributed by atoms with E-state index < -0.39 is 0 Å². The van der Waals surface area contributed by atoms with Crippen LogP contribution in [0.1, 0.15) is 20.3 Å². The molecule has 0 spiro atoms. The van der Waals surface area contributed by atoms with E-state index in [0.29, 0.717) is 11.8 Å². The number of rotatable bonds is 1. The topological polar surface area (TPSA) is 47.3 Å². The van der Waals surface area contributed by atoms with E-state index in [0.717, 1.165) is 26.1 Å². The number of hydrogen-bond acceptors (Lipinski definition) is 2. The van der Waals surface area contributed by atoms with Gasteiger partial charge in [0.05, 0.1) is 6.07 Å². The third-order valence-corrected chi connectivity index (χ3v) is 3.54. The molecule has 1 atom stereocenters. The molecule has 2 saturated heterocycles. The molecule has 2 amide bonds. The lowest BCUT2D eigenvalue weighted by Gasteiger charge is -2.47. The average molecular weight is 207 g/mol. The van der Waals surface area contributed by atoms with Gasteiger partial charge in [0, 0.05) is 19.6 Å². The maximum atomic E-state index is 11.8. The van der Waals surface area contributed by atoms with E-state index in [1.807, 2.05) is 4.90 Å². The summed E-state index contributed by atoms with van der Waals surface area (Å²) in [5, 5.41) is 8.76. The Kier molecular flexibility index (Phi) is 2.56. The summed E-state index contributed by atoms with van der Waals surface area (Å²) in [6.45, 7) is 6.86. The van der Waals surface area contributed by atoms with Crippen LogP contribution in [-0.4, -0.2) is 41.5 Å². The second kappa shape index (κ2) is 3.73. The fraction of sp³-hybridized carbons (Fsp3) is 0.818. The van der Waals surface area contributed by atoms with Crippen molar-refractivity contribution in [1.82, 2.24) is 9.80 Å². The molecule has 2 aliphatic heterocycles. The average Bonchev–Trinajstić information content (AvgIpc) is 1.98. The number of nitriles is 1. The fourth-order valence-corrected chi connectivity index (χ4v) is 2.02. The van der Waals surface area contributed by atoms with E-state index in [4.69, 9.17) is 5.26 Å².